The summed E-state index contributed by atoms with van der Waals surface area (Å²) < 4.78 is 2.07. The zero-order chi connectivity index (χ0) is 16.2. The first-order valence-corrected chi connectivity index (χ1v) is 9.76. The molecule has 0 aliphatic carbocycles. The Hall–Kier alpha value is -1.30. The second-order valence-corrected chi connectivity index (χ2v) is 7.71. The molecule has 1 aromatic carbocycles. The standard InChI is InChI=1S/C17H18ClN3S2/c1-3-4-15-9-13(11-22-15)16-19-20-17(21(16)2)23-10-12-5-7-14(18)8-6-12/h5-9,11H,3-4,10H2,1-2H3. The summed E-state index contributed by atoms with van der Waals surface area (Å²) in [6.07, 6.45) is 2.29. The van der Waals surface area contributed by atoms with Crippen LogP contribution in [0.3, 0.4) is 0 Å². The Morgan fingerprint density at radius 2 is 2.00 bits per heavy atom. The van der Waals surface area contributed by atoms with Crippen molar-refractivity contribution in [1.82, 2.24) is 14.8 Å². The SMILES string of the molecule is CCCc1cc(-c2nnc(SCc3ccc(Cl)cc3)n2C)cs1. The number of aromatic nitrogens is 3. The first-order chi connectivity index (χ1) is 11.2. The summed E-state index contributed by atoms with van der Waals surface area (Å²) in [4.78, 5) is 1.40. The summed E-state index contributed by atoms with van der Waals surface area (Å²) in [6, 6.07) is 10.1. The van der Waals surface area contributed by atoms with E-state index in [1.165, 1.54) is 16.9 Å². The summed E-state index contributed by atoms with van der Waals surface area (Å²) in [5, 5.41) is 12.6. The maximum Gasteiger partial charge on any atom is 0.191 e. The maximum atomic E-state index is 5.92. The molecule has 3 aromatic rings. The molecule has 120 valence electrons. The van der Waals surface area contributed by atoms with Crippen LogP contribution in [0.1, 0.15) is 23.8 Å². The van der Waals surface area contributed by atoms with Crippen molar-refractivity contribution < 1.29 is 0 Å². The smallest absolute Gasteiger partial charge is 0.191 e. The lowest BCUT2D eigenvalue weighted by Gasteiger charge is -2.03. The van der Waals surface area contributed by atoms with Crippen LogP contribution in [-0.4, -0.2) is 14.8 Å². The largest absolute Gasteiger partial charge is 0.305 e. The fourth-order valence-corrected chi connectivity index (χ4v) is 4.26. The molecule has 0 atom stereocenters. The van der Waals surface area contributed by atoms with E-state index in [4.69, 9.17) is 11.6 Å². The van der Waals surface area contributed by atoms with E-state index in [9.17, 15) is 0 Å². The molecule has 0 spiro atoms. The van der Waals surface area contributed by atoms with Gasteiger partial charge in [0.1, 0.15) is 0 Å². The highest BCUT2D eigenvalue weighted by molar-refractivity contribution is 7.98. The predicted octanol–water partition coefficient (Wildman–Crippen LogP) is 5.44. The van der Waals surface area contributed by atoms with Crippen molar-refractivity contribution in [3.05, 3.63) is 51.2 Å². The van der Waals surface area contributed by atoms with Gasteiger partial charge in [0.2, 0.25) is 0 Å². The highest BCUT2D eigenvalue weighted by atomic mass is 35.5. The van der Waals surface area contributed by atoms with E-state index < -0.39 is 0 Å². The molecular formula is C17H18ClN3S2. The van der Waals surface area contributed by atoms with Crippen molar-refractivity contribution in [1.29, 1.82) is 0 Å². The van der Waals surface area contributed by atoms with Crippen molar-refractivity contribution in [2.24, 2.45) is 7.05 Å². The number of aryl methyl sites for hydroxylation is 1. The van der Waals surface area contributed by atoms with Crippen LogP contribution >= 0.6 is 34.7 Å². The van der Waals surface area contributed by atoms with Crippen LogP contribution in [0.15, 0.2) is 40.9 Å². The van der Waals surface area contributed by atoms with Gasteiger partial charge in [-0.05, 0) is 30.2 Å². The molecule has 2 heterocycles. The second kappa shape index (κ2) is 7.51. The van der Waals surface area contributed by atoms with Gasteiger partial charge in [0.15, 0.2) is 11.0 Å². The van der Waals surface area contributed by atoms with Gasteiger partial charge in [0.25, 0.3) is 0 Å². The predicted molar refractivity (Wildman–Crippen MR) is 99.3 cm³/mol. The molecule has 23 heavy (non-hydrogen) atoms. The number of hydrogen-bond acceptors (Lipinski definition) is 4. The lowest BCUT2D eigenvalue weighted by Crippen LogP contribution is -1.94. The molecule has 0 saturated heterocycles. The van der Waals surface area contributed by atoms with Gasteiger partial charge in [0.05, 0.1) is 0 Å². The Labute approximate surface area is 149 Å². The highest BCUT2D eigenvalue weighted by Crippen LogP contribution is 2.28. The minimum atomic E-state index is 0.764. The van der Waals surface area contributed by atoms with Gasteiger partial charge in [-0.2, -0.15) is 0 Å². The van der Waals surface area contributed by atoms with Crippen molar-refractivity contribution in [3.8, 4) is 11.4 Å². The minimum absolute atomic E-state index is 0.764. The summed E-state index contributed by atoms with van der Waals surface area (Å²) in [7, 11) is 2.02. The lowest BCUT2D eigenvalue weighted by atomic mass is 10.2. The molecule has 2 aromatic heterocycles. The molecule has 0 amide bonds. The van der Waals surface area contributed by atoms with Crippen molar-refractivity contribution >= 4 is 34.7 Å². The lowest BCUT2D eigenvalue weighted by molar-refractivity contribution is 0.794. The third kappa shape index (κ3) is 3.97. The van der Waals surface area contributed by atoms with Crippen LogP contribution in [0.2, 0.25) is 5.02 Å². The van der Waals surface area contributed by atoms with Gasteiger partial charge in [-0.3, -0.25) is 0 Å². The fraction of sp³-hybridized carbons (Fsp3) is 0.294. The van der Waals surface area contributed by atoms with Crippen LogP contribution in [-0.2, 0) is 19.2 Å². The van der Waals surface area contributed by atoms with Gasteiger partial charge >= 0.3 is 0 Å². The Morgan fingerprint density at radius 3 is 2.74 bits per heavy atom. The molecule has 0 radical (unpaired) electrons. The molecule has 3 rings (SSSR count). The molecule has 3 nitrogen and oxygen atoms in total. The van der Waals surface area contributed by atoms with Gasteiger partial charge in [-0.25, -0.2) is 0 Å². The number of benzene rings is 1. The fourth-order valence-electron chi connectivity index (χ4n) is 2.30. The number of nitrogens with zero attached hydrogens (tertiary/aromatic N) is 3. The molecule has 0 N–H and O–H groups in total. The van der Waals surface area contributed by atoms with E-state index in [-0.39, 0.29) is 0 Å². The number of thiophene rings is 1. The molecular weight excluding hydrogens is 346 g/mol. The topological polar surface area (TPSA) is 30.7 Å². The van der Waals surface area contributed by atoms with E-state index in [0.717, 1.165) is 33.7 Å². The van der Waals surface area contributed by atoms with Gasteiger partial charge in [-0.1, -0.05) is 48.8 Å². The molecule has 0 bridgehead atoms. The van der Waals surface area contributed by atoms with Crippen molar-refractivity contribution in [2.75, 3.05) is 0 Å². The summed E-state index contributed by atoms with van der Waals surface area (Å²) >= 11 is 9.40. The maximum absolute atomic E-state index is 5.92. The average molecular weight is 364 g/mol. The Balaban J connectivity index is 1.72. The van der Waals surface area contributed by atoms with Crippen LogP contribution in [0, 0.1) is 0 Å². The average Bonchev–Trinajstić information content (AvgIpc) is 3.14. The zero-order valence-electron chi connectivity index (χ0n) is 13.1. The Bertz CT molecular complexity index is 777. The number of halogens is 1. The first-order valence-electron chi connectivity index (χ1n) is 7.51. The second-order valence-electron chi connectivity index (χ2n) is 5.33. The van der Waals surface area contributed by atoms with E-state index in [0.29, 0.717) is 0 Å². The van der Waals surface area contributed by atoms with E-state index in [1.54, 1.807) is 23.1 Å². The highest BCUT2D eigenvalue weighted by Gasteiger charge is 2.13. The van der Waals surface area contributed by atoms with E-state index in [2.05, 4.69) is 33.1 Å². The van der Waals surface area contributed by atoms with Crippen molar-refractivity contribution in [3.63, 3.8) is 0 Å². The van der Waals surface area contributed by atoms with E-state index in [1.807, 2.05) is 31.3 Å². The summed E-state index contributed by atoms with van der Waals surface area (Å²) in [5.74, 6) is 1.79. The van der Waals surface area contributed by atoms with Gasteiger partial charge in [-0.15, -0.1) is 21.5 Å². The zero-order valence-corrected chi connectivity index (χ0v) is 15.5. The van der Waals surface area contributed by atoms with Gasteiger partial charge < -0.3 is 4.57 Å². The molecule has 0 aliphatic heterocycles. The molecule has 0 saturated carbocycles. The third-order valence-corrected chi connectivity index (χ3v) is 5.86. The normalized spacial score (nSPS) is 11.1. The number of thioether (sulfide) groups is 1. The monoisotopic (exact) mass is 363 g/mol. The van der Waals surface area contributed by atoms with Crippen LogP contribution in [0.25, 0.3) is 11.4 Å². The molecule has 0 unspecified atom stereocenters. The Kier molecular flexibility index (Phi) is 5.41. The number of hydrogen-bond donors (Lipinski definition) is 0. The first kappa shape index (κ1) is 16.6. The third-order valence-electron chi connectivity index (χ3n) is 3.52. The van der Waals surface area contributed by atoms with Gasteiger partial charge in [0, 0.05) is 33.6 Å². The molecule has 0 aliphatic rings. The quantitative estimate of drug-likeness (QED) is 0.546. The molecule has 0 fully saturated rings. The molecule has 6 heteroatoms. The van der Waals surface area contributed by atoms with Crippen LogP contribution in [0.4, 0.5) is 0 Å². The van der Waals surface area contributed by atoms with Crippen molar-refractivity contribution in [2.45, 2.75) is 30.7 Å². The summed E-state index contributed by atoms with van der Waals surface area (Å²) in [5.41, 5.74) is 2.39. The van der Waals surface area contributed by atoms with E-state index >= 15 is 0 Å². The van der Waals surface area contributed by atoms with Crippen LogP contribution in [0.5, 0.6) is 0 Å². The van der Waals surface area contributed by atoms with Crippen LogP contribution < -0.4 is 0 Å². The minimum Gasteiger partial charge on any atom is -0.305 e. The summed E-state index contributed by atoms with van der Waals surface area (Å²) in [6.45, 7) is 2.20. The number of rotatable bonds is 6. The Morgan fingerprint density at radius 1 is 1.22 bits per heavy atom.